The van der Waals surface area contributed by atoms with Crippen LogP contribution in [0.4, 0.5) is 0 Å². The fourth-order valence-corrected chi connectivity index (χ4v) is 4.71. The van der Waals surface area contributed by atoms with E-state index in [4.69, 9.17) is 5.11 Å². The van der Waals surface area contributed by atoms with E-state index in [2.05, 4.69) is 19.5 Å². The summed E-state index contributed by atoms with van der Waals surface area (Å²) >= 11 is 0. The van der Waals surface area contributed by atoms with Gasteiger partial charge in [-0.2, -0.15) is 0 Å². The van der Waals surface area contributed by atoms with E-state index in [1.807, 2.05) is 18.6 Å². The third-order valence-corrected chi connectivity index (χ3v) is 6.53. The molecule has 0 unspecified atom stereocenters. The van der Waals surface area contributed by atoms with Crippen LogP contribution in [0.3, 0.4) is 0 Å². The number of imidazole rings is 1. The third kappa shape index (κ3) is 2.48. The molecule has 128 valence electrons. The number of fused-ring (bicyclic) bond motifs is 3. The molecule has 0 aliphatic carbocycles. The maximum atomic E-state index is 12.1. The van der Waals surface area contributed by atoms with E-state index in [-0.39, 0.29) is 18.4 Å². The smallest absolute Gasteiger partial charge is 0.216 e. The van der Waals surface area contributed by atoms with Crippen LogP contribution in [0.25, 0.3) is 22.1 Å². The molecule has 0 aromatic carbocycles. The Balaban J connectivity index is 1.62. The van der Waals surface area contributed by atoms with E-state index in [0.29, 0.717) is 13.1 Å². The quantitative estimate of drug-likeness (QED) is 0.727. The summed E-state index contributed by atoms with van der Waals surface area (Å²) in [6.45, 7) is 0.592. The molecule has 1 fully saturated rings. The predicted molar refractivity (Wildman–Crippen MR) is 90.1 cm³/mol. The molecule has 4 rings (SSSR count). The van der Waals surface area contributed by atoms with Gasteiger partial charge in [0.15, 0.2) is 0 Å². The van der Waals surface area contributed by atoms with Crippen molar-refractivity contribution in [1.82, 2.24) is 23.8 Å². The predicted octanol–water partition coefficient (Wildman–Crippen LogP) is 0.872. The molecule has 24 heavy (non-hydrogen) atoms. The number of piperidine rings is 1. The lowest BCUT2D eigenvalue weighted by atomic mass is 10.1. The van der Waals surface area contributed by atoms with Crippen LogP contribution >= 0.6 is 0 Å². The summed E-state index contributed by atoms with van der Waals surface area (Å²) in [6.07, 6.45) is 6.89. The SMILES string of the molecule is O=S(=O)(CCO)N1CCC(n2cnc3cnc4[nH]ccc4c32)CC1. The van der Waals surface area contributed by atoms with E-state index in [9.17, 15) is 8.42 Å². The van der Waals surface area contributed by atoms with Crippen LogP contribution in [0.5, 0.6) is 0 Å². The molecule has 0 saturated carbocycles. The number of hydrogen-bond acceptors (Lipinski definition) is 5. The Bertz CT molecular complexity index is 969. The van der Waals surface area contributed by atoms with Crippen LogP contribution < -0.4 is 0 Å². The molecule has 0 amide bonds. The second kappa shape index (κ2) is 5.83. The molecule has 3 aromatic rings. The third-order valence-electron chi connectivity index (χ3n) is 4.68. The molecule has 0 radical (unpaired) electrons. The molecule has 1 aliphatic heterocycles. The lowest BCUT2D eigenvalue weighted by Gasteiger charge is -2.32. The Labute approximate surface area is 139 Å². The molecule has 1 saturated heterocycles. The van der Waals surface area contributed by atoms with Crippen LogP contribution in [-0.4, -0.2) is 62.8 Å². The number of aromatic nitrogens is 4. The lowest BCUT2D eigenvalue weighted by Crippen LogP contribution is -2.40. The summed E-state index contributed by atoms with van der Waals surface area (Å²) < 4.78 is 27.8. The highest BCUT2D eigenvalue weighted by atomic mass is 32.2. The normalized spacial score (nSPS) is 17.9. The number of nitrogens with one attached hydrogen (secondary N) is 1. The highest BCUT2D eigenvalue weighted by Gasteiger charge is 2.29. The highest BCUT2D eigenvalue weighted by molar-refractivity contribution is 7.89. The molecule has 0 spiro atoms. The van der Waals surface area contributed by atoms with Gasteiger partial charge in [0, 0.05) is 30.7 Å². The maximum absolute atomic E-state index is 12.1. The number of hydrogen-bond donors (Lipinski definition) is 2. The van der Waals surface area contributed by atoms with E-state index < -0.39 is 10.0 Å². The molecule has 9 heteroatoms. The summed E-state index contributed by atoms with van der Waals surface area (Å²) in [5.41, 5.74) is 2.71. The van der Waals surface area contributed by atoms with Crippen molar-refractivity contribution in [2.75, 3.05) is 25.4 Å². The number of rotatable bonds is 4. The summed E-state index contributed by atoms with van der Waals surface area (Å²) in [5.74, 6) is -0.207. The van der Waals surface area contributed by atoms with Crippen molar-refractivity contribution in [3.05, 3.63) is 24.8 Å². The minimum Gasteiger partial charge on any atom is -0.395 e. The summed E-state index contributed by atoms with van der Waals surface area (Å²) in [4.78, 5) is 11.9. The van der Waals surface area contributed by atoms with E-state index >= 15 is 0 Å². The standard InChI is InChI=1S/C15H19N5O3S/c21-7-8-24(22,23)19-5-2-11(3-6-19)20-10-18-13-9-17-15-12(14(13)20)1-4-16-15/h1,4,9-11,21H,2-3,5-8H2,(H,16,17). The van der Waals surface area contributed by atoms with Gasteiger partial charge < -0.3 is 14.7 Å². The van der Waals surface area contributed by atoms with Gasteiger partial charge in [-0.15, -0.1) is 0 Å². The first-order valence-corrected chi connectivity index (χ1v) is 9.58. The Morgan fingerprint density at radius 3 is 2.83 bits per heavy atom. The van der Waals surface area contributed by atoms with Gasteiger partial charge in [-0.05, 0) is 18.9 Å². The van der Waals surface area contributed by atoms with Gasteiger partial charge >= 0.3 is 0 Å². The molecule has 8 nitrogen and oxygen atoms in total. The highest BCUT2D eigenvalue weighted by Crippen LogP contribution is 2.30. The minimum absolute atomic E-state index is 0.205. The van der Waals surface area contributed by atoms with Crippen LogP contribution in [0, 0.1) is 0 Å². The summed E-state index contributed by atoms with van der Waals surface area (Å²) in [5, 5.41) is 9.93. The monoisotopic (exact) mass is 349 g/mol. The van der Waals surface area contributed by atoms with Crippen molar-refractivity contribution in [2.24, 2.45) is 0 Å². The number of nitrogens with zero attached hydrogens (tertiary/aromatic N) is 4. The fraction of sp³-hybridized carbons (Fsp3) is 0.467. The van der Waals surface area contributed by atoms with E-state index in [1.54, 1.807) is 6.20 Å². The zero-order chi connectivity index (χ0) is 16.7. The molecule has 0 atom stereocenters. The largest absolute Gasteiger partial charge is 0.395 e. The second-order valence-electron chi connectivity index (χ2n) is 6.05. The van der Waals surface area contributed by atoms with Gasteiger partial charge in [-0.25, -0.2) is 22.7 Å². The second-order valence-corrected chi connectivity index (χ2v) is 8.14. The minimum atomic E-state index is -3.35. The number of sulfonamides is 1. The molecule has 0 bridgehead atoms. The van der Waals surface area contributed by atoms with Crippen molar-refractivity contribution in [1.29, 1.82) is 0 Å². The van der Waals surface area contributed by atoms with E-state index in [0.717, 1.165) is 34.9 Å². The maximum Gasteiger partial charge on any atom is 0.216 e. The van der Waals surface area contributed by atoms with Gasteiger partial charge in [0.25, 0.3) is 0 Å². The Hall–Kier alpha value is -1.97. The van der Waals surface area contributed by atoms with Crippen molar-refractivity contribution < 1.29 is 13.5 Å². The molecule has 2 N–H and O–H groups in total. The van der Waals surface area contributed by atoms with Gasteiger partial charge in [0.05, 0.1) is 30.4 Å². The van der Waals surface area contributed by atoms with Crippen molar-refractivity contribution in [3.63, 3.8) is 0 Å². The number of aliphatic hydroxyl groups is 1. The zero-order valence-corrected chi connectivity index (χ0v) is 13.9. The average molecular weight is 349 g/mol. The molecule has 4 heterocycles. The van der Waals surface area contributed by atoms with Gasteiger partial charge in [0.2, 0.25) is 10.0 Å². The van der Waals surface area contributed by atoms with Gasteiger partial charge in [-0.3, -0.25) is 0 Å². The lowest BCUT2D eigenvalue weighted by molar-refractivity contribution is 0.271. The fourth-order valence-electron chi connectivity index (χ4n) is 3.45. The first kappa shape index (κ1) is 15.6. The summed E-state index contributed by atoms with van der Waals surface area (Å²) in [6, 6.07) is 2.19. The van der Waals surface area contributed by atoms with Gasteiger partial charge in [0.1, 0.15) is 11.2 Å². The van der Waals surface area contributed by atoms with Gasteiger partial charge in [-0.1, -0.05) is 0 Å². The number of aliphatic hydroxyl groups excluding tert-OH is 1. The van der Waals surface area contributed by atoms with E-state index in [1.165, 1.54) is 4.31 Å². The number of aromatic amines is 1. The van der Waals surface area contributed by atoms with Crippen molar-refractivity contribution >= 4 is 32.1 Å². The number of H-pyrrole nitrogens is 1. The zero-order valence-electron chi connectivity index (χ0n) is 13.1. The van der Waals surface area contributed by atoms with Crippen LogP contribution in [-0.2, 0) is 10.0 Å². The Morgan fingerprint density at radius 1 is 1.29 bits per heavy atom. The first-order valence-electron chi connectivity index (χ1n) is 7.97. The first-order chi connectivity index (χ1) is 11.6. The Morgan fingerprint density at radius 2 is 2.08 bits per heavy atom. The topological polar surface area (TPSA) is 104 Å². The van der Waals surface area contributed by atoms with Crippen molar-refractivity contribution in [3.8, 4) is 0 Å². The van der Waals surface area contributed by atoms with Crippen LogP contribution in [0.1, 0.15) is 18.9 Å². The van der Waals surface area contributed by atoms with Crippen LogP contribution in [0.2, 0.25) is 0 Å². The molecular weight excluding hydrogens is 330 g/mol. The van der Waals surface area contributed by atoms with Crippen molar-refractivity contribution in [2.45, 2.75) is 18.9 Å². The summed E-state index contributed by atoms with van der Waals surface area (Å²) in [7, 11) is -3.35. The average Bonchev–Trinajstić information content (AvgIpc) is 3.21. The van der Waals surface area contributed by atoms with Crippen LogP contribution in [0.15, 0.2) is 24.8 Å². The Kier molecular flexibility index (Phi) is 3.78. The molecule has 1 aliphatic rings. The number of pyridine rings is 1. The molecular formula is C15H19N5O3S. The molecule has 3 aromatic heterocycles.